The second-order valence-corrected chi connectivity index (χ2v) is 9.54. The minimum atomic E-state index is -0.842. The lowest BCUT2D eigenvalue weighted by molar-refractivity contribution is -0.136. The molecule has 6 heteroatoms. The lowest BCUT2D eigenvalue weighted by atomic mass is 9.96. The van der Waals surface area contributed by atoms with Crippen molar-refractivity contribution in [3.63, 3.8) is 0 Å². The van der Waals surface area contributed by atoms with Gasteiger partial charge < -0.3 is 14.7 Å². The predicted molar refractivity (Wildman–Crippen MR) is 121 cm³/mol. The van der Waals surface area contributed by atoms with E-state index in [2.05, 4.69) is 40.2 Å². The highest BCUT2D eigenvalue weighted by atomic mass is 79.9. The Kier molecular flexibility index (Phi) is 5.34. The Morgan fingerprint density at radius 3 is 2.06 bits per heavy atom. The molecule has 0 saturated carbocycles. The summed E-state index contributed by atoms with van der Waals surface area (Å²) in [5.41, 5.74) is 5.98. The average molecular weight is 482 g/mol. The third kappa shape index (κ3) is 3.67. The number of fused-ring (bicyclic) bond motifs is 5. The van der Waals surface area contributed by atoms with E-state index in [-0.39, 0.29) is 30.5 Å². The number of hydrogen-bond acceptors (Lipinski definition) is 3. The van der Waals surface area contributed by atoms with Crippen LogP contribution in [0, 0.1) is 0 Å². The summed E-state index contributed by atoms with van der Waals surface area (Å²) in [6.07, 6.45) is 3.06. The van der Waals surface area contributed by atoms with Crippen LogP contribution in [0.25, 0.3) is 11.1 Å². The van der Waals surface area contributed by atoms with Crippen molar-refractivity contribution in [1.29, 1.82) is 0 Å². The number of carbonyl (C=O) groups is 2. The highest BCUT2D eigenvalue weighted by molar-refractivity contribution is 9.11. The molecule has 31 heavy (non-hydrogen) atoms. The number of carbonyl (C=O) groups excluding carboxylic acids is 1. The fourth-order valence-corrected chi connectivity index (χ4v) is 6.02. The summed E-state index contributed by atoms with van der Waals surface area (Å²) >= 11 is 3.45. The van der Waals surface area contributed by atoms with E-state index in [0.29, 0.717) is 19.4 Å². The first-order valence-corrected chi connectivity index (χ1v) is 11.5. The summed E-state index contributed by atoms with van der Waals surface area (Å²) < 4.78 is 6.64. The normalized spacial score (nSPS) is 21.6. The molecular formula is C25H24BrNO4. The number of carboxylic acid groups (broad SMARTS) is 1. The highest BCUT2D eigenvalue weighted by Gasteiger charge is 2.43. The third-order valence-electron chi connectivity index (χ3n) is 6.82. The summed E-state index contributed by atoms with van der Waals surface area (Å²) in [7, 11) is 0. The van der Waals surface area contributed by atoms with Crippen molar-refractivity contribution < 1.29 is 19.4 Å². The van der Waals surface area contributed by atoms with Gasteiger partial charge in [0.05, 0.1) is 6.42 Å². The van der Waals surface area contributed by atoms with Crippen LogP contribution in [0.1, 0.15) is 49.1 Å². The number of hydrogen-bond donors (Lipinski definition) is 1. The molecule has 2 fully saturated rings. The number of nitrogens with zero attached hydrogens (tertiary/aromatic N) is 1. The standard InChI is InChI=1S/C25H24BrNO4/c26-23(13-24(28)29)15-11-16-9-10-17(12-15)27(16)25(30)31-14-22-20-7-3-1-5-18(20)19-6-2-4-8-21(19)22/h1-8,16-17,22H,9-14H2,(H,28,29). The molecule has 0 radical (unpaired) electrons. The second-order valence-electron chi connectivity index (χ2n) is 8.58. The van der Waals surface area contributed by atoms with E-state index in [1.165, 1.54) is 22.3 Å². The molecule has 1 N–H and O–H groups in total. The molecule has 0 spiro atoms. The molecule has 2 aliphatic heterocycles. The zero-order valence-electron chi connectivity index (χ0n) is 17.1. The first-order chi connectivity index (χ1) is 15.0. The van der Waals surface area contributed by atoms with E-state index in [9.17, 15) is 9.59 Å². The van der Waals surface area contributed by atoms with Gasteiger partial charge in [0, 0.05) is 22.5 Å². The van der Waals surface area contributed by atoms with Gasteiger partial charge in [0.2, 0.25) is 0 Å². The number of amides is 1. The quantitative estimate of drug-likeness (QED) is 0.609. The van der Waals surface area contributed by atoms with E-state index in [0.717, 1.165) is 22.9 Å². The van der Waals surface area contributed by atoms with Gasteiger partial charge >= 0.3 is 12.1 Å². The Balaban J connectivity index is 1.30. The van der Waals surface area contributed by atoms with Crippen LogP contribution in [0.2, 0.25) is 0 Å². The molecule has 0 aromatic heterocycles. The minimum absolute atomic E-state index is 0.000280. The van der Waals surface area contributed by atoms with Crippen LogP contribution in [0.5, 0.6) is 0 Å². The van der Waals surface area contributed by atoms with Gasteiger partial charge in [0.15, 0.2) is 0 Å². The van der Waals surface area contributed by atoms with Crippen LogP contribution in [-0.4, -0.2) is 40.8 Å². The number of benzene rings is 2. The second kappa shape index (κ2) is 8.15. The van der Waals surface area contributed by atoms with Gasteiger partial charge in [0.1, 0.15) is 6.61 Å². The zero-order valence-corrected chi connectivity index (χ0v) is 18.7. The Hall–Kier alpha value is -2.60. The zero-order chi connectivity index (χ0) is 21.5. The topological polar surface area (TPSA) is 66.8 Å². The van der Waals surface area contributed by atoms with Crippen LogP contribution in [0.4, 0.5) is 4.79 Å². The van der Waals surface area contributed by atoms with Crippen molar-refractivity contribution in [2.24, 2.45) is 0 Å². The van der Waals surface area contributed by atoms with Crippen molar-refractivity contribution in [1.82, 2.24) is 4.90 Å². The molecule has 160 valence electrons. The molecule has 5 nitrogen and oxygen atoms in total. The molecule has 2 bridgehead atoms. The molecule has 1 amide bonds. The lowest BCUT2D eigenvalue weighted by Gasteiger charge is -2.36. The summed E-state index contributed by atoms with van der Waals surface area (Å²) in [5, 5.41) is 9.07. The SMILES string of the molecule is O=C(O)CC(Br)=C1CC2CCC(C1)N2C(=O)OCC1c2ccccc2-c2ccccc21. The summed E-state index contributed by atoms with van der Waals surface area (Å²) in [5.74, 6) is -0.787. The molecule has 2 heterocycles. The van der Waals surface area contributed by atoms with Crippen LogP contribution in [0.15, 0.2) is 58.6 Å². The first-order valence-electron chi connectivity index (χ1n) is 10.7. The molecule has 2 saturated heterocycles. The molecule has 2 aromatic rings. The minimum Gasteiger partial charge on any atom is -0.481 e. The lowest BCUT2D eigenvalue weighted by Crippen LogP contribution is -2.45. The largest absolute Gasteiger partial charge is 0.481 e. The number of piperidine rings is 1. The number of rotatable bonds is 4. The van der Waals surface area contributed by atoms with Crippen molar-refractivity contribution in [3.8, 4) is 11.1 Å². The van der Waals surface area contributed by atoms with Gasteiger partial charge in [-0.05, 0) is 47.9 Å². The Bertz CT molecular complexity index is 1020. The maximum Gasteiger partial charge on any atom is 0.410 e. The van der Waals surface area contributed by atoms with Gasteiger partial charge in [-0.1, -0.05) is 70.0 Å². The fraction of sp³-hybridized carbons (Fsp3) is 0.360. The van der Waals surface area contributed by atoms with E-state index in [4.69, 9.17) is 9.84 Å². The van der Waals surface area contributed by atoms with Gasteiger partial charge in [-0.2, -0.15) is 0 Å². The number of carboxylic acids is 1. The van der Waals surface area contributed by atoms with Crippen molar-refractivity contribution in [2.45, 2.75) is 50.1 Å². The van der Waals surface area contributed by atoms with Gasteiger partial charge in [0.25, 0.3) is 0 Å². The summed E-state index contributed by atoms with van der Waals surface area (Å²) in [4.78, 5) is 26.0. The van der Waals surface area contributed by atoms with Crippen molar-refractivity contribution in [3.05, 3.63) is 69.7 Å². The van der Waals surface area contributed by atoms with Gasteiger partial charge in [-0.3, -0.25) is 4.79 Å². The fourth-order valence-electron chi connectivity index (χ4n) is 5.46. The van der Waals surface area contributed by atoms with E-state index in [1.807, 2.05) is 29.2 Å². The third-order valence-corrected chi connectivity index (χ3v) is 7.66. The van der Waals surface area contributed by atoms with Crippen molar-refractivity contribution in [2.75, 3.05) is 6.61 Å². The Morgan fingerprint density at radius 1 is 0.968 bits per heavy atom. The summed E-state index contributed by atoms with van der Waals surface area (Å²) in [6.45, 7) is 0.328. The van der Waals surface area contributed by atoms with Crippen LogP contribution < -0.4 is 0 Å². The van der Waals surface area contributed by atoms with Gasteiger partial charge in [-0.15, -0.1) is 0 Å². The molecule has 1 aliphatic carbocycles. The predicted octanol–water partition coefficient (Wildman–Crippen LogP) is 5.69. The van der Waals surface area contributed by atoms with Gasteiger partial charge in [-0.25, -0.2) is 4.79 Å². The monoisotopic (exact) mass is 481 g/mol. The van der Waals surface area contributed by atoms with Crippen molar-refractivity contribution >= 4 is 28.0 Å². The smallest absolute Gasteiger partial charge is 0.410 e. The van der Waals surface area contributed by atoms with E-state index in [1.54, 1.807) is 0 Å². The molecule has 2 atom stereocenters. The molecule has 5 rings (SSSR count). The first kappa shape index (κ1) is 20.3. The maximum absolute atomic E-state index is 13.1. The van der Waals surface area contributed by atoms with Crippen LogP contribution in [-0.2, 0) is 9.53 Å². The Labute approximate surface area is 189 Å². The Morgan fingerprint density at radius 2 is 1.52 bits per heavy atom. The molecular weight excluding hydrogens is 458 g/mol. The highest BCUT2D eigenvalue weighted by Crippen LogP contribution is 2.45. The average Bonchev–Trinajstić information content (AvgIpc) is 3.22. The van der Waals surface area contributed by atoms with Crippen LogP contribution in [0.3, 0.4) is 0 Å². The molecule has 3 aliphatic rings. The van der Waals surface area contributed by atoms with E-state index >= 15 is 0 Å². The summed E-state index contributed by atoms with van der Waals surface area (Å²) in [6, 6.07) is 16.8. The van der Waals surface area contributed by atoms with Crippen LogP contribution >= 0.6 is 15.9 Å². The number of ether oxygens (including phenoxy) is 1. The number of aliphatic carboxylic acids is 1. The molecule has 2 unspecified atom stereocenters. The molecule has 2 aromatic carbocycles. The van der Waals surface area contributed by atoms with E-state index < -0.39 is 5.97 Å². The maximum atomic E-state index is 13.1. The number of halogens is 1.